The zero-order valence-electron chi connectivity index (χ0n) is 21.0. The first kappa shape index (κ1) is 21.0. The van der Waals surface area contributed by atoms with Gasteiger partial charge in [0.25, 0.3) is 0 Å². The van der Waals surface area contributed by atoms with Gasteiger partial charge in [0.15, 0.2) is 0 Å². The van der Waals surface area contributed by atoms with E-state index in [1.54, 1.807) is 0 Å². The second kappa shape index (κ2) is 7.00. The summed E-state index contributed by atoms with van der Waals surface area (Å²) in [6, 6.07) is 36.5. The third-order valence-electron chi connectivity index (χ3n) is 8.54. The van der Waals surface area contributed by atoms with Crippen molar-refractivity contribution in [2.45, 2.75) is 19.3 Å². The van der Waals surface area contributed by atoms with E-state index in [0.29, 0.717) is 11.1 Å². The van der Waals surface area contributed by atoms with Crippen molar-refractivity contribution in [1.29, 1.82) is 10.5 Å². The molecule has 3 nitrogen and oxygen atoms in total. The van der Waals surface area contributed by atoms with Crippen molar-refractivity contribution >= 4 is 38.1 Å². The van der Waals surface area contributed by atoms with E-state index in [1.807, 2.05) is 24.3 Å². The lowest BCUT2D eigenvalue weighted by Gasteiger charge is -2.24. The fraction of sp³-hybridized carbons (Fsp3) is 0.0857. The SMILES string of the molecule is CC1(C)c2ccccc2-c2cccc(-c3cc4c5ccc(C#N)cc5n5c6cc(C#N)ccc6c(c3)c45)c21. The van der Waals surface area contributed by atoms with Gasteiger partial charge >= 0.3 is 0 Å². The normalized spacial score (nSPS) is 13.7. The van der Waals surface area contributed by atoms with Gasteiger partial charge in [-0.25, -0.2) is 0 Å². The maximum atomic E-state index is 9.63. The Kier molecular flexibility index (Phi) is 3.87. The van der Waals surface area contributed by atoms with Gasteiger partial charge in [0.1, 0.15) is 0 Å². The zero-order valence-corrected chi connectivity index (χ0v) is 21.0. The molecule has 0 aliphatic heterocycles. The maximum Gasteiger partial charge on any atom is 0.0992 e. The molecular weight excluding hydrogens is 462 g/mol. The van der Waals surface area contributed by atoms with Gasteiger partial charge in [-0.2, -0.15) is 10.5 Å². The van der Waals surface area contributed by atoms with E-state index < -0.39 is 0 Å². The lowest BCUT2D eigenvalue weighted by Crippen LogP contribution is -2.16. The third-order valence-corrected chi connectivity index (χ3v) is 8.54. The van der Waals surface area contributed by atoms with E-state index >= 15 is 0 Å². The van der Waals surface area contributed by atoms with Gasteiger partial charge in [0.2, 0.25) is 0 Å². The predicted molar refractivity (Wildman–Crippen MR) is 154 cm³/mol. The van der Waals surface area contributed by atoms with Gasteiger partial charge < -0.3 is 4.40 Å². The molecule has 0 saturated heterocycles. The fourth-order valence-electron chi connectivity index (χ4n) is 6.93. The Hall–Kier alpha value is -5.12. The standard InChI is InChI=1S/C35H21N3/c1-35(2)30-9-4-3-6-24(30)27-8-5-7-23(33(27)35)22-16-28-25-12-10-20(18-36)14-31(25)38-32-15-21(19-37)11-13-26(32)29(17-22)34(28)38/h3-17H,1-2H3. The van der Waals surface area contributed by atoms with Crippen LogP contribution in [0.25, 0.3) is 60.3 Å². The van der Waals surface area contributed by atoms with Crippen molar-refractivity contribution in [3.8, 4) is 34.4 Å². The van der Waals surface area contributed by atoms with E-state index in [0.717, 1.165) is 38.1 Å². The van der Waals surface area contributed by atoms with E-state index in [1.165, 1.54) is 33.4 Å². The van der Waals surface area contributed by atoms with Crippen LogP contribution in [-0.2, 0) is 5.41 Å². The van der Waals surface area contributed by atoms with Crippen molar-refractivity contribution in [1.82, 2.24) is 4.40 Å². The number of hydrogen-bond acceptors (Lipinski definition) is 2. The Morgan fingerprint density at radius 3 is 1.82 bits per heavy atom. The number of aromatic nitrogens is 1. The molecule has 0 bridgehead atoms. The third kappa shape index (κ3) is 2.46. The van der Waals surface area contributed by atoms with Crippen molar-refractivity contribution < 1.29 is 0 Å². The molecule has 0 spiro atoms. The molecule has 0 radical (unpaired) electrons. The Labute approximate surface area is 219 Å². The number of fused-ring (bicyclic) bond motifs is 9. The Balaban J connectivity index is 1.53. The van der Waals surface area contributed by atoms with Crippen LogP contribution in [0.1, 0.15) is 36.1 Å². The van der Waals surface area contributed by atoms with Crippen molar-refractivity contribution in [2.75, 3.05) is 0 Å². The molecule has 0 unspecified atom stereocenters. The first-order chi connectivity index (χ1) is 18.5. The molecule has 0 N–H and O–H groups in total. The van der Waals surface area contributed by atoms with Crippen LogP contribution >= 0.6 is 0 Å². The molecule has 38 heavy (non-hydrogen) atoms. The lowest BCUT2D eigenvalue weighted by atomic mass is 9.78. The average molecular weight is 484 g/mol. The van der Waals surface area contributed by atoms with Gasteiger partial charge in [0.05, 0.1) is 39.8 Å². The van der Waals surface area contributed by atoms with Crippen LogP contribution in [-0.4, -0.2) is 4.40 Å². The maximum absolute atomic E-state index is 9.63. The molecule has 0 atom stereocenters. The summed E-state index contributed by atoms with van der Waals surface area (Å²) in [4.78, 5) is 0. The molecule has 7 aromatic rings. The molecule has 3 heteroatoms. The topological polar surface area (TPSA) is 52.0 Å². The van der Waals surface area contributed by atoms with Gasteiger partial charge in [-0.15, -0.1) is 0 Å². The number of nitriles is 2. The molecule has 2 heterocycles. The summed E-state index contributed by atoms with van der Waals surface area (Å²) in [5.41, 5.74) is 12.1. The highest BCUT2D eigenvalue weighted by Gasteiger charge is 2.37. The summed E-state index contributed by atoms with van der Waals surface area (Å²) in [5.74, 6) is 0. The molecule has 8 rings (SSSR count). The fourth-order valence-corrected chi connectivity index (χ4v) is 6.93. The highest BCUT2D eigenvalue weighted by atomic mass is 14.9. The highest BCUT2D eigenvalue weighted by molar-refractivity contribution is 6.24. The largest absolute Gasteiger partial charge is 0.308 e. The summed E-state index contributed by atoms with van der Waals surface area (Å²) < 4.78 is 2.23. The molecule has 5 aromatic carbocycles. The Morgan fingerprint density at radius 1 is 0.605 bits per heavy atom. The van der Waals surface area contributed by atoms with E-state index in [2.05, 4.69) is 97.1 Å². The van der Waals surface area contributed by atoms with Crippen LogP contribution in [0.2, 0.25) is 0 Å². The van der Waals surface area contributed by atoms with Gasteiger partial charge in [-0.3, -0.25) is 0 Å². The second-order valence-electron chi connectivity index (χ2n) is 10.8. The van der Waals surface area contributed by atoms with Crippen LogP contribution < -0.4 is 0 Å². The van der Waals surface area contributed by atoms with E-state index in [9.17, 15) is 10.5 Å². The molecule has 0 saturated carbocycles. The lowest BCUT2D eigenvalue weighted by molar-refractivity contribution is 0.662. The minimum Gasteiger partial charge on any atom is -0.308 e. The molecule has 2 aromatic heterocycles. The predicted octanol–water partition coefficient (Wildman–Crippen LogP) is 8.55. The molecule has 1 aliphatic carbocycles. The molecular formula is C35H21N3. The van der Waals surface area contributed by atoms with Gasteiger partial charge in [0, 0.05) is 27.0 Å². The summed E-state index contributed by atoms with van der Waals surface area (Å²) in [6.07, 6.45) is 0. The van der Waals surface area contributed by atoms with E-state index in [4.69, 9.17) is 0 Å². The summed E-state index contributed by atoms with van der Waals surface area (Å²) in [7, 11) is 0. The minimum absolute atomic E-state index is 0.118. The first-order valence-electron chi connectivity index (χ1n) is 12.8. The number of hydrogen-bond donors (Lipinski definition) is 0. The quantitative estimate of drug-likeness (QED) is 0.235. The monoisotopic (exact) mass is 483 g/mol. The number of rotatable bonds is 1. The van der Waals surface area contributed by atoms with Crippen LogP contribution in [0, 0.1) is 22.7 Å². The Bertz CT molecular complexity index is 2130. The van der Waals surface area contributed by atoms with Crippen molar-refractivity contribution in [3.05, 3.63) is 113 Å². The van der Waals surface area contributed by atoms with Gasteiger partial charge in [-0.05, 0) is 69.8 Å². The van der Waals surface area contributed by atoms with Crippen LogP contribution in [0.3, 0.4) is 0 Å². The second-order valence-corrected chi connectivity index (χ2v) is 10.8. The molecule has 1 aliphatic rings. The van der Waals surface area contributed by atoms with E-state index in [-0.39, 0.29) is 5.41 Å². The number of benzene rings is 5. The van der Waals surface area contributed by atoms with Crippen LogP contribution in [0.15, 0.2) is 91.0 Å². The van der Waals surface area contributed by atoms with Crippen LogP contribution in [0.5, 0.6) is 0 Å². The number of nitrogens with zero attached hydrogens (tertiary/aromatic N) is 3. The minimum atomic E-state index is -0.118. The van der Waals surface area contributed by atoms with Crippen LogP contribution in [0.4, 0.5) is 0 Å². The highest BCUT2D eigenvalue weighted by Crippen LogP contribution is 2.53. The van der Waals surface area contributed by atoms with Crippen molar-refractivity contribution in [2.24, 2.45) is 0 Å². The summed E-state index contributed by atoms with van der Waals surface area (Å²) in [5, 5.41) is 23.8. The smallest absolute Gasteiger partial charge is 0.0992 e. The zero-order chi connectivity index (χ0) is 25.8. The summed E-state index contributed by atoms with van der Waals surface area (Å²) in [6.45, 7) is 4.65. The van der Waals surface area contributed by atoms with Crippen molar-refractivity contribution in [3.63, 3.8) is 0 Å². The molecule has 176 valence electrons. The average Bonchev–Trinajstić information content (AvgIpc) is 3.54. The molecule has 0 fully saturated rings. The first-order valence-corrected chi connectivity index (χ1v) is 12.8. The Morgan fingerprint density at radius 2 is 1.18 bits per heavy atom. The summed E-state index contributed by atoms with van der Waals surface area (Å²) >= 11 is 0. The van der Waals surface area contributed by atoms with Gasteiger partial charge in [-0.1, -0.05) is 68.4 Å². The molecule has 0 amide bonds.